The molecule has 3 N–H and O–H groups in total. The second-order valence-corrected chi connectivity index (χ2v) is 11.1. The van der Waals surface area contributed by atoms with E-state index in [0.717, 1.165) is 23.1 Å². The SMILES string of the molecule is C[C@@H](F)CN(C(=O)Cn1nc(C(N)=O)c2cc(-c3ccnnc3)ccc21)[C@@H](C)C(=O)Nc1ccc2c(c1)OC(C)(C)C2. The van der Waals surface area contributed by atoms with Crippen LogP contribution in [0, 0.1) is 0 Å². The smallest absolute Gasteiger partial charge is 0.269 e. The Hall–Kier alpha value is -4.87. The lowest BCUT2D eigenvalue weighted by Gasteiger charge is -2.29. The Labute approximate surface area is 241 Å². The van der Waals surface area contributed by atoms with E-state index in [1.54, 1.807) is 48.8 Å². The van der Waals surface area contributed by atoms with Crippen LogP contribution in [0.3, 0.4) is 0 Å². The average Bonchev–Trinajstić information content (AvgIpc) is 3.46. The third kappa shape index (κ3) is 5.92. The second kappa shape index (κ2) is 11.2. The molecule has 11 nitrogen and oxygen atoms in total. The molecule has 0 fully saturated rings. The second-order valence-electron chi connectivity index (χ2n) is 11.1. The van der Waals surface area contributed by atoms with E-state index in [1.807, 2.05) is 19.9 Å². The molecule has 0 radical (unpaired) electrons. The zero-order valence-electron chi connectivity index (χ0n) is 23.8. The number of halogens is 1. The first-order valence-electron chi connectivity index (χ1n) is 13.6. The fourth-order valence-corrected chi connectivity index (χ4v) is 5.14. The monoisotopic (exact) mass is 573 g/mol. The maximum Gasteiger partial charge on any atom is 0.269 e. The van der Waals surface area contributed by atoms with Gasteiger partial charge in [-0.25, -0.2) is 4.39 Å². The number of hydrogen-bond acceptors (Lipinski definition) is 7. The van der Waals surface area contributed by atoms with Gasteiger partial charge < -0.3 is 20.7 Å². The maximum atomic E-state index is 14.3. The molecule has 2 aromatic carbocycles. The van der Waals surface area contributed by atoms with Crippen LogP contribution in [-0.2, 0) is 22.6 Å². The lowest BCUT2D eigenvalue weighted by atomic mass is 10.0. The molecule has 1 aliphatic heterocycles. The predicted molar refractivity (Wildman–Crippen MR) is 155 cm³/mol. The number of nitrogens with one attached hydrogen (secondary N) is 1. The summed E-state index contributed by atoms with van der Waals surface area (Å²) < 4.78 is 21.6. The lowest BCUT2D eigenvalue weighted by molar-refractivity contribution is -0.139. The molecular weight excluding hydrogens is 541 g/mol. The van der Waals surface area contributed by atoms with Gasteiger partial charge in [-0.15, -0.1) is 0 Å². The van der Waals surface area contributed by atoms with Gasteiger partial charge in [0.1, 0.15) is 30.1 Å². The number of anilines is 1. The first kappa shape index (κ1) is 28.7. The molecule has 5 rings (SSSR count). The van der Waals surface area contributed by atoms with Crippen LogP contribution in [0.1, 0.15) is 43.7 Å². The zero-order chi connectivity index (χ0) is 30.2. The molecule has 218 valence electrons. The zero-order valence-corrected chi connectivity index (χ0v) is 23.8. The summed E-state index contributed by atoms with van der Waals surface area (Å²) in [5, 5.41) is 15.2. The maximum absolute atomic E-state index is 14.3. The molecule has 0 saturated carbocycles. The van der Waals surface area contributed by atoms with Crippen LogP contribution in [0.5, 0.6) is 5.75 Å². The van der Waals surface area contributed by atoms with Crippen molar-refractivity contribution in [1.29, 1.82) is 0 Å². The molecule has 2 atom stereocenters. The first-order chi connectivity index (χ1) is 19.9. The van der Waals surface area contributed by atoms with E-state index in [1.165, 1.54) is 23.4 Å². The van der Waals surface area contributed by atoms with Crippen LogP contribution in [0.25, 0.3) is 22.0 Å². The largest absolute Gasteiger partial charge is 0.487 e. The molecule has 3 heterocycles. The topological polar surface area (TPSA) is 145 Å². The summed E-state index contributed by atoms with van der Waals surface area (Å²) in [5.74, 6) is -1.11. The number of fused-ring (bicyclic) bond motifs is 2. The first-order valence-corrected chi connectivity index (χ1v) is 13.6. The number of carbonyl (C=O) groups is 3. The molecule has 4 aromatic rings. The van der Waals surface area contributed by atoms with Crippen LogP contribution in [0.15, 0.2) is 54.9 Å². The van der Waals surface area contributed by atoms with Crippen LogP contribution in [-0.4, -0.2) is 67.0 Å². The number of primary amides is 1. The van der Waals surface area contributed by atoms with Crippen LogP contribution < -0.4 is 15.8 Å². The highest BCUT2D eigenvalue weighted by atomic mass is 19.1. The highest BCUT2D eigenvalue weighted by Gasteiger charge is 2.31. The number of aromatic nitrogens is 4. The number of benzene rings is 2. The van der Waals surface area contributed by atoms with Gasteiger partial charge in [-0.1, -0.05) is 12.1 Å². The highest BCUT2D eigenvalue weighted by molar-refractivity contribution is 6.05. The van der Waals surface area contributed by atoms with Crippen molar-refractivity contribution in [2.45, 2.75) is 58.5 Å². The highest BCUT2D eigenvalue weighted by Crippen LogP contribution is 2.36. The Morgan fingerprint density at radius 3 is 2.60 bits per heavy atom. The van der Waals surface area contributed by atoms with Crippen LogP contribution >= 0.6 is 0 Å². The Bertz CT molecular complexity index is 1670. The Morgan fingerprint density at radius 1 is 1.12 bits per heavy atom. The van der Waals surface area contributed by atoms with E-state index in [0.29, 0.717) is 22.3 Å². The van der Waals surface area contributed by atoms with Crippen molar-refractivity contribution in [3.63, 3.8) is 0 Å². The van der Waals surface area contributed by atoms with Gasteiger partial charge in [0.15, 0.2) is 5.69 Å². The summed E-state index contributed by atoms with van der Waals surface area (Å²) in [6, 6.07) is 11.4. The number of amides is 3. The summed E-state index contributed by atoms with van der Waals surface area (Å²) in [6.45, 7) is 6.17. The molecule has 0 bridgehead atoms. The van der Waals surface area contributed by atoms with Crippen molar-refractivity contribution in [2.24, 2.45) is 5.73 Å². The van der Waals surface area contributed by atoms with Crippen molar-refractivity contribution in [3.05, 3.63) is 66.1 Å². The number of nitrogens with two attached hydrogens (primary N) is 1. The number of carbonyl (C=O) groups excluding carboxylic acids is 3. The fraction of sp³-hybridized carbons (Fsp3) is 0.333. The van der Waals surface area contributed by atoms with Gasteiger partial charge in [0.2, 0.25) is 11.8 Å². The van der Waals surface area contributed by atoms with E-state index >= 15 is 0 Å². The van der Waals surface area contributed by atoms with Crippen molar-refractivity contribution in [2.75, 3.05) is 11.9 Å². The Kier molecular flexibility index (Phi) is 7.63. The van der Waals surface area contributed by atoms with Gasteiger partial charge in [0.25, 0.3) is 5.91 Å². The van der Waals surface area contributed by atoms with E-state index in [4.69, 9.17) is 10.5 Å². The molecule has 3 amide bonds. The van der Waals surface area contributed by atoms with Gasteiger partial charge in [0, 0.05) is 29.1 Å². The lowest BCUT2D eigenvalue weighted by Crippen LogP contribution is -2.49. The molecule has 0 aliphatic carbocycles. The fourth-order valence-electron chi connectivity index (χ4n) is 5.14. The standard InChI is InChI=1S/C30H32FN7O4/c1-17(31)15-37(18(2)29(41)35-22-7-5-20-13-30(3,4)42-25(20)12-22)26(39)16-38-24-8-6-19(21-9-10-33-34-14-21)11-23(24)27(36-38)28(32)40/h5-12,14,17-18H,13,15-16H2,1-4H3,(H2,32,40)(H,35,41)/t17-,18+/m1/s1. The Morgan fingerprint density at radius 2 is 1.90 bits per heavy atom. The number of ether oxygens (including phenoxy) is 1. The molecule has 12 heteroatoms. The summed E-state index contributed by atoms with van der Waals surface area (Å²) in [5.41, 5.74) is 8.81. The minimum Gasteiger partial charge on any atom is -0.487 e. The summed E-state index contributed by atoms with van der Waals surface area (Å²) in [6.07, 6.45) is 2.49. The van der Waals surface area contributed by atoms with Crippen molar-refractivity contribution in [1.82, 2.24) is 24.9 Å². The summed E-state index contributed by atoms with van der Waals surface area (Å²) in [4.78, 5) is 40.2. The average molecular weight is 574 g/mol. The molecular formula is C30H32FN7O4. The van der Waals surface area contributed by atoms with Gasteiger partial charge in [-0.2, -0.15) is 15.3 Å². The molecule has 1 aliphatic rings. The third-order valence-electron chi connectivity index (χ3n) is 7.14. The van der Waals surface area contributed by atoms with Crippen molar-refractivity contribution >= 4 is 34.3 Å². The van der Waals surface area contributed by atoms with Crippen molar-refractivity contribution < 1.29 is 23.5 Å². The molecule has 0 saturated heterocycles. The Balaban J connectivity index is 1.38. The number of alkyl halides is 1. The van der Waals surface area contributed by atoms with E-state index < -0.39 is 29.9 Å². The van der Waals surface area contributed by atoms with E-state index in [-0.39, 0.29) is 24.4 Å². The van der Waals surface area contributed by atoms with Gasteiger partial charge in [-0.3, -0.25) is 19.1 Å². The number of nitrogens with zero attached hydrogens (tertiary/aromatic N) is 5. The minimum absolute atomic E-state index is 0.0140. The number of rotatable bonds is 9. The van der Waals surface area contributed by atoms with E-state index in [2.05, 4.69) is 20.6 Å². The minimum atomic E-state index is -1.40. The summed E-state index contributed by atoms with van der Waals surface area (Å²) >= 11 is 0. The van der Waals surface area contributed by atoms with Gasteiger partial charge in [0.05, 0.1) is 24.5 Å². The summed E-state index contributed by atoms with van der Waals surface area (Å²) in [7, 11) is 0. The van der Waals surface area contributed by atoms with Gasteiger partial charge >= 0.3 is 0 Å². The molecule has 2 aromatic heterocycles. The third-order valence-corrected chi connectivity index (χ3v) is 7.14. The van der Waals surface area contributed by atoms with Crippen molar-refractivity contribution in [3.8, 4) is 16.9 Å². The molecule has 0 spiro atoms. The normalized spacial score (nSPS) is 15.0. The van der Waals surface area contributed by atoms with Crippen LogP contribution in [0.2, 0.25) is 0 Å². The van der Waals surface area contributed by atoms with Gasteiger partial charge in [-0.05, 0) is 63.1 Å². The quantitative estimate of drug-likeness (QED) is 0.312. The van der Waals surface area contributed by atoms with E-state index in [9.17, 15) is 18.8 Å². The molecule has 0 unspecified atom stereocenters. The van der Waals surface area contributed by atoms with Crippen LogP contribution in [0.4, 0.5) is 10.1 Å². The molecule has 42 heavy (non-hydrogen) atoms. The number of hydrogen-bond donors (Lipinski definition) is 2. The predicted octanol–water partition coefficient (Wildman–Crippen LogP) is 3.52.